The molecular weight excluding hydrogens is 237 g/mol. The zero-order valence-corrected chi connectivity index (χ0v) is 10.5. The van der Waals surface area contributed by atoms with Crippen molar-refractivity contribution in [2.45, 2.75) is 13.1 Å². The zero-order chi connectivity index (χ0) is 13.1. The van der Waals surface area contributed by atoms with Crippen LogP contribution in [0.5, 0.6) is 0 Å². The lowest BCUT2D eigenvalue weighted by atomic mass is 10.0. The maximum atomic E-state index is 13.1. The van der Waals surface area contributed by atoms with Gasteiger partial charge in [0.25, 0.3) is 0 Å². The van der Waals surface area contributed by atoms with Crippen LogP contribution in [0.15, 0.2) is 60.7 Å². The van der Waals surface area contributed by atoms with Crippen LogP contribution in [0.1, 0.15) is 17.0 Å². The van der Waals surface area contributed by atoms with E-state index in [9.17, 15) is 4.39 Å². The maximum Gasteiger partial charge on any atom is 0.132 e. The second kappa shape index (κ2) is 5.19. The highest BCUT2D eigenvalue weighted by molar-refractivity contribution is 5.84. The monoisotopic (exact) mass is 251 g/mol. The van der Waals surface area contributed by atoms with Gasteiger partial charge in [0.1, 0.15) is 6.67 Å². The molecule has 94 valence electrons. The molecule has 0 aliphatic carbocycles. The Morgan fingerprint density at radius 1 is 0.895 bits per heavy atom. The van der Waals surface area contributed by atoms with Crippen molar-refractivity contribution in [2.24, 2.45) is 0 Å². The molecule has 1 aromatic heterocycles. The summed E-state index contributed by atoms with van der Waals surface area (Å²) < 4.78 is 13.1. The summed E-state index contributed by atoms with van der Waals surface area (Å²) in [6.45, 7) is -0.525. The lowest BCUT2D eigenvalue weighted by Crippen LogP contribution is -1.97. The van der Waals surface area contributed by atoms with Gasteiger partial charge in [-0.25, -0.2) is 4.39 Å². The molecule has 0 saturated heterocycles. The zero-order valence-electron chi connectivity index (χ0n) is 10.5. The summed E-state index contributed by atoms with van der Waals surface area (Å²) in [6.07, 6.45) is 0.735. The van der Waals surface area contributed by atoms with Gasteiger partial charge in [-0.05, 0) is 17.0 Å². The first-order chi connectivity index (χ1) is 9.36. The summed E-state index contributed by atoms with van der Waals surface area (Å²) in [5.41, 5.74) is 2.64. The molecular formula is C17H14FN. The Morgan fingerprint density at radius 3 is 2.42 bits per heavy atom. The van der Waals surface area contributed by atoms with E-state index in [4.69, 9.17) is 0 Å². The summed E-state index contributed by atoms with van der Waals surface area (Å²) >= 11 is 0. The minimum absolute atomic E-state index is 0.525. The molecule has 0 spiro atoms. The Hall–Kier alpha value is -2.22. The third kappa shape index (κ3) is 2.48. The van der Waals surface area contributed by atoms with Crippen LogP contribution in [0.25, 0.3) is 10.8 Å². The number of hydrogen-bond donors (Lipinski definition) is 0. The summed E-state index contributed by atoms with van der Waals surface area (Å²) in [5, 5.41) is 1.96. The van der Waals surface area contributed by atoms with Crippen molar-refractivity contribution in [3.63, 3.8) is 0 Å². The van der Waals surface area contributed by atoms with Gasteiger partial charge < -0.3 is 0 Å². The van der Waals surface area contributed by atoms with Crippen LogP contribution in [-0.2, 0) is 13.1 Å². The highest BCUT2D eigenvalue weighted by Gasteiger charge is 2.06. The molecule has 0 bridgehead atoms. The lowest BCUT2D eigenvalue weighted by Gasteiger charge is -2.07. The van der Waals surface area contributed by atoms with Gasteiger partial charge in [0.05, 0.1) is 5.69 Å². The van der Waals surface area contributed by atoms with Crippen LogP contribution in [0, 0.1) is 0 Å². The molecule has 0 fully saturated rings. The lowest BCUT2D eigenvalue weighted by molar-refractivity contribution is 0.478. The number of hydrogen-bond acceptors (Lipinski definition) is 1. The molecule has 0 N–H and O–H groups in total. The molecule has 19 heavy (non-hydrogen) atoms. The number of alkyl halides is 1. The molecule has 0 atom stereocenters. The molecule has 0 unspecified atom stereocenters. The molecule has 0 aliphatic rings. The second-order valence-electron chi connectivity index (χ2n) is 4.58. The van der Waals surface area contributed by atoms with Gasteiger partial charge in [0.15, 0.2) is 0 Å². The first kappa shape index (κ1) is 11.8. The first-order valence-corrected chi connectivity index (χ1v) is 6.34. The average Bonchev–Trinajstić information content (AvgIpc) is 2.47. The van der Waals surface area contributed by atoms with Gasteiger partial charge in [0, 0.05) is 17.5 Å². The van der Waals surface area contributed by atoms with Crippen LogP contribution in [0.2, 0.25) is 0 Å². The first-order valence-electron chi connectivity index (χ1n) is 6.34. The number of halogens is 1. The Bertz CT molecular complexity index is 692. The van der Waals surface area contributed by atoms with Gasteiger partial charge in [-0.2, -0.15) is 0 Å². The summed E-state index contributed by atoms with van der Waals surface area (Å²) in [4.78, 5) is 4.44. The van der Waals surface area contributed by atoms with Gasteiger partial charge in [-0.1, -0.05) is 54.6 Å². The van der Waals surface area contributed by atoms with E-state index < -0.39 is 6.67 Å². The smallest absolute Gasteiger partial charge is 0.132 e. The molecule has 3 aromatic rings. The maximum absolute atomic E-state index is 13.1. The largest absolute Gasteiger partial charge is 0.254 e. The van der Waals surface area contributed by atoms with E-state index in [0.717, 1.165) is 22.9 Å². The van der Waals surface area contributed by atoms with Gasteiger partial charge >= 0.3 is 0 Å². The molecule has 0 radical (unpaired) electrons. The number of nitrogens with zero attached hydrogens (tertiary/aromatic N) is 1. The molecule has 0 aliphatic heterocycles. The number of pyridine rings is 1. The quantitative estimate of drug-likeness (QED) is 0.676. The van der Waals surface area contributed by atoms with E-state index in [0.29, 0.717) is 5.69 Å². The SMILES string of the molecule is FCc1nc(Cc2ccccc2)cc2ccccc12. The molecule has 2 heteroatoms. The van der Waals surface area contributed by atoms with Crippen LogP contribution in [-0.4, -0.2) is 4.98 Å². The fourth-order valence-corrected chi connectivity index (χ4v) is 2.33. The van der Waals surface area contributed by atoms with Crippen LogP contribution in [0.4, 0.5) is 4.39 Å². The fraction of sp³-hybridized carbons (Fsp3) is 0.118. The standard InChI is InChI=1S/C17H14FN/c18-12-17-16-9-5-4-8-14(16)11-15(19-17)10-13-6-2-1-3-7-13/h1-9,11H,10,12H2. The Labute approximate surface area is 111 Å². The van der Waals surface area contributed by atoms with Crippen LogP contribution >= 0.6 is 0 Å². The molecule has 0 amide bonds. The van der Waals surface area contributed by atoms with E-state index in [-0.39, 0.29) is 0 Å². The fourth-order valence-electron chi connectivity index (χ4n) is 2.33. The van der Waals surface area contributed by atoms with E-state index >= 15 is 0 Å². The van der Waals surface area contributed by atoms with E-state index in [1.165, 1.54) is 5.56 Å². The summed E-state index contributed by atoms with van der Waals surface area (Å²) in [6, 6.07) is 20.0. The third-order valence-electron chi connectivity index (χ3n) is 3.23. The molecule has 2 aromatic carbocycles. The highest BCUT2D eigenvalue weighted by atomic mass is 19.1. The number of benzene rings is 2. The van der Waals surface area contributed by atoms with Gasteiger partial charge in [-0.3, -0.25) is 4.98 Å². The minimum atomic E-state index is -0.525. The number of rotatable bonds is 3. The van der Waals surface area contributed by atoms with Crippen molar-refractivity contribution in [1.82, 2.24) is 4.98 Å². The van der Waals surface area contributed by atoms with Gasteiger partial charge in [-0.15, -0.1) is 0 Å². The Morgan fingerprint density at radius 2 is 1.63 bits per heavy atom. The molecule has 1 nitrogen and oxygen atoms in total. The van der Waals surface area contributed by atoms with Crippen molar-refractivity contribution in [1.29, 1.82) is 0 Å². The Kier molecular flexibility index (Phi) is 3.23. The Balaban J connectivity index is 2.05. The van der Waals surface area contributed by atoms with Crippen molar-refractivity contribution < 1.29 is 4.39 Å². The summed E-state index contributed by atoms with van der Waals surface area (Å²) in [5.74, 6) is 0. The second-order valence-corrected chi connectivity index (χ2v) is 4.58. The normalized spacial score (nSPS) is 10.8. The average molecular weight is 251 g/mol. The third-order valence-corrected chi connectivity index (χ3v) is 3.23. The minimum Gasteiger partial charge on any atom is -0.254 e. The number of aromatic nitrogens is 1. The topological polar surface area (TPSA) is 12.9 Å². The molecule has 1 heterocycles. The van der Waals surface area contributed by atoms with Crippen LogP contribution in [0.3, 0.4) is 0 Å². The predicted octanol–water partition coefficient (Wildman–Crippen LogP) is 4.30. The van der Waals surface area contributed by atoms with Gasteiger partial charge in [0.2, 0.25) is 0 Å². The van der Waals surface area contributed by atoms with Crippen LogP contribution < -0.4 is 0 Å². The van der Waals surface area contributed by atoms with E-state index in [1.54, 1.807) is 0 Å². The molecule has 0 saturated carbocycles. The van der Waals surface area contributed by atoms with Crippen molar-refractivity contribution in [3.05, 3.63) is 77.6 Å². The number of fused-ring (bicyclic) bond motifs is 1. The van der Waals surface area contributed by atoms with E-state index in [2.05, 4.69) is 17.1 Å². The van der Waals surface area contributed by atoms with Crippen molar-refractivity contribution >= 4 is 10.8 Å². The van der Waals surface area contributed by atoms with E-state index in [1.807, 2.05) is 48.5 Å². The predicted molar refractivity (Wildman–Crippen MR) is 75.8 cm³/mol. The molecule has 3 rings (SSSR count). The highest BCUT2D eigenvalue weighted by Crippen LogP contribution is 2.20. The summed E-state index contributed by atoms with van der Waals surface area (Å²) in [7, 11) is 0. The van der Waals surface area contributed by atoms with Crippen molar-refractivity contribution in [2.75, 3.05) is 0 Å². The van der Waals surface area contributed by atoms with Crippen molar-refractivity contribution in [3.8, 4) is 0 Å².